The Labute approximate surface area is 110 Å². The number of imidazole rings is 1. The number of ether oxygens (including phenoxy) is 1. The molecule has 1 N–H and O–H groups in total. The first-order valence-electron chi connectivity index (χ1n) is 6.33. The van der Waals surface area contributed by atoms with Crippen LogP contribution in [-0.4, -0.2) is 14.7 Å². The fourth-order valence-electron chi connectivity index (χ4n) is 2.46. The minimum Gasteiger partial charge on any atom is -0.484 e. The quantitative estimate of drug-likeness (QED) is 0.905. The van der Waals surface area contributed by atoms with Crippen molar-refractivity contribution in [2.24, 2.45) is 0 Å². The van der Waals surface area contributed by atoms with Crippen LogP contribution in [0.5, 0.6) is 5.75 Å². The van der Waals surface area contributed by atoms with Crippen molar-refractivity contribution in [3.8, 4) is 5.75 Å². The Balaban J connectivity index is 1.96. The second-order valence-corrected chi connectivity index (χ2v) is 4.64. The first-order chi connectivity index (χ1) is 9.19. The number of nitrogens with zero attached hydrogens (tertiary/aromatic N) is 2. The Hall–Kier alpha value is -1.88. The Bertz CT molecular complexity index is 597. The lowest BCUT2D eigenvalue weighted by Gasteiger charge is -2.30. The van der Waals surface area contributed by atoms with E-state index in [-0.39, 0.29) is 11.9 Å². The molecule has 0 amide bonds. The van der Waals surface area contributed by atoms with Crippen LogP contribution < -0.4 is 4.74 Å². The molecule has 0 spiro atoms. The van der Waals surface area contributed by atoms with Gasteiger partial charge in [0.15, 0.2) is 0 Å². The lowest BCUT2D eigenvalue weighted by atomic mass is 9.97. The predicted octanol–water partition coefficient (Wildman–Crippen LogP) is 2.60. The van der Waals surface area contributed by atoms with Crippen LogP contribution in [0.3, 0.4) is 0 Å². The first kappa shape index (κ1) is 12.2. The van der Waals surface area contributed by atoms with E-state index in [0.717, 1.165) is 12.2 Å². The summed E-state index contributed by atoms with van der Waals surface area (Å²) in [5, 5.41) is 10.2. The van der Waals surface area contributed by atoms with Crippen LogP contribution in [-0.2, 0) is 6.54 Å². The molecule has 100 valence electrons. The van der Waals surface area contributed by atoms with E-state index >= 15 is 0 Å². The van der Waals surface area contributed by atoms with E-state index in [1.54, 1.807) is 18.6 Å². The van der Waals surface area contributed by atoms with Gasteiger partial charge in [-0.05, 0) is 19.1 Å². The van der Waals surface area contributed by atoms with Crippen molar-refractivity contribution in [1.29, 1.82) is 0 Å². The number of hydrogen-bond acceptors (Lipinski definition) is 3. The molecule has 0 aliphatic carbocycles. The summed E-state index contributed by atoms with van der Waals surface area (Å²) in [6, 6.07) is 4.22. The smallest absolute Gasteiger partial charge is 0.143 e. The van der Waals surface area contributed by atoms with Gasteiger partial charge in [0.1, 0.15) is 17.7 Å². The van der Waals surface area contributed by atoms with Gasteiger partial charge in [0.05, 0.1) is 24.3 Å². The van der Waals surface area contributed by atoms with Crippen LogP contribution in [0.15, 0.2) is 30.7 Å². The lowest BCUT2D eigenvalue weighted by Crippen LogP contribution is -2.21. The number of benzene rings is 1. The molecule has 0 saturated heterocycles. The van der Waals surface area contributed by atoms with E-state index in [9.17, 15) is 9.50 Å². The topological polar surface area (TPSA) is 47.3 Å². The van der Waals surface area contributed by atoms with Gasteiger partial charge in [0.2, 0.25) is 0 Å². The van der Waals surface area contributed by atoms with Crippen LogP contribution in [0.4, 0.5) is 4.39 Å². The third-order valence-electron chi connectivity index (χ3n) is 3.46. The molecular formula is C14H15FN2O2. The molecule has 4 nitrogen and oxygen atoms in total. The zero-order valence-corrected chi connectivity index (χ0v) is 10.6. The van der Waals surface area contributed by atoms with Gasteiger partial charge in [-0.15, -0.1) is 0 Å². The highest BCUT2D eigenvalue weighted by Gasteiger charge is 2.30. The van der Waals surface area contributed by atoms with Crippen LogP contribution in [0.2, 0.25) is 0 Å². The van der Waals surface area contributed by atoms with Crippen LogP contribution in [0.25, 0.3) is 0 Å². The first-order valence-corrected chi connectivity index (χ1v) is 6.33. The molecule has 5 heteroatoms. The predicted molar refractivity (Wildman–Crippen MR) is 67.2 cm³/mol. The highest BCUT2D eigenvalue weighted by molar-refractivity contribution is 5.38. The summed E-state index contributed by atoms with van der Waals surface area (Å²) in [5.74, 6) is 0.0446. The summed E-state index contributed by atoms with van der Waals surface area (Å²) >= 11 is 0. The molecule has 1 aliphatic rings. The summed E-state index contributed by atoms with van der Waals surface area (Å²) in [4.78, 5) is 4.09. The molecule has 0 saturated carbocycles. The maximum absolute atomic E-state index is 13.3. The molecule has 2 heterocycles. The number of fused-ring (bicyclic) bond motifs is 1. The van der Waals surface area contributed by atoms with Gasteiger partial charge in [-0.1, -0.05) is 0 Å². The molecule has 0 radical (unpaired) electrons. The van der Waals surface area contributed by atoms with E-state index in [1.807, 2.05) is 11.5 Å². The molecule has 19 heavy (non-hydrogen) atoms. The Morgan fingerprint density at radius 3 is 3.16 bits per heavy atom. The summed E-state index contributed by atoms with van der Waals surface area (Å²) in [5.41, 5.74) is 1.54. The maximum atomic E-state index is 13.3. The van der Waals surface area contributed by atoms with E-state index in [1.165, 1.54) is 12.1 Å². The van der Waals surface area contributed by atoms with Gasteiger partial charge >= 0.3 is 0 Å². The molecule has 2 atom stereocenters. The van der Waals surface area contributed by atoms with Crippen LogP contribution in [0, 0.1) is 5.82 Å². The number of hydrogen-bond donors (Lipinski definition) is 1. The van der Waals surface area contributed by atoms with Gasteiger partial charge in [-0.2, -0.15) is 0 Å². The van der Waals surface area contributed by atoms with Crippen molar-refractivity contribution < 1.29 is 14.2 Å². The number of aliphatic hydroxyl groups excluding tert-OH is 1. The maximum Gasteiger partial charge on any atom is 0.143 e. The zero-order valence-electron chi connectivity index (χ0n) is 10.6. The molecule has 3 rings (SSSR count). The van der Waals surface area contributed by atoms with Gasteiger partial charge in [-0.25, -0.2) is 9.37 Å². The van der Waals surface area contributed by atoms with Crippen molar-refractivity contribution in [2.75, 3.05) is 0 Å². The molecule has 0 fully saturated rings. The molecule has 2 aromatic rings. The van der Waals surface area contributed by atoms with Crippen LogP contribution in [0.1, 0.15) is 36.8 Å². The second kappa shape index (κ2) is 4.66. The van der Waals surface area contributed by atoms with Gasteiger partial charge in [-0.3, -0.25) is 0 Å². The summed E-state index contributed by atoms with van der Waals surface area (Å²) in [6.07, 6.45) is 2.96. The largest absolute Gasteiger partial charge is 0.484 e. The fraction of sp³-hybridized carbons (Fsp3) is 0.357. The molecule has 1 aromatic heterocycles. The van der Waals surface area contributed by atoms with Crippen molar-refractivity contribution in [1.82, 2.24) is 9.55 Å². The highest BCUT2D eigenvalue weighted by atomic mass is 19.1. The third kappa shape index (κ3) is 2.10. The summed E-state index contributed by atoms with van der Waals surface area (Å²) < 4.78 is 21.0. The molecular weight excluding hydrogens is 247 g/mol. The number of aryl methyl sites for hydroxylation is 1. The Morgan fingerprint density at radius 1 is 1.53 bits per heavy atom. The van der Waals surface area contributed by atoms with Crippen molar-refractivity contribution in [3.63, 3.8) is 0 Å². The van der Waals surface area contributed by atoms with Crippen molar-refractivity contribution in [3.05, 3.63) is 47.8 Å². The highest BCUT2D eigenvalue weighted by Crippen LogP contribution is 2.40. The normalized spacial score (nSPS) is 21.8. The monoisotopic (exact) mass is 262 g/mol. The third-order valence-corrected chi connectivity index (χ3v) is 3.46. The van der Waals surface area contributed by atoms with E-state index in [0.29, 0.717) is 17.7 Å². The van der Waals surface area contributed by atoms with E-state index in [4.69, 9.17) is 4.74 Å². The lowest BCUT2D eigenvalue weighted by molar-refractivity contribution is 0.0616. The molecule has 1 aliphatic heterocycles. The minimum atomic E-state index is -0.644. The van der Waals surface area contributed by atoms with Crippen molar-refractivity contribution in [2.45, 2.75) is 32.1 Å². The zero-order chi connectivity index (χ0) is 13.4. The SMILES string of the molecule is CCn1cncc1C1C[C@@H](O)c2ccc(F)cc2O1. The summed E-state index contributed by atoms with van der Waals surface area (Å²) in [7, 11) is 0. The minimum absolute atomic E-state index is 0.299. The number of halogens is 1. The second-order valence-electron chi connectivity index (χ2n) is 4.64. The Morgan fingerprint density at radius 2 is 2.37 bits per heavy atom. The van der Waals surface area contributed by atoms with Gasteiger partial charge in [0, 0.05) is 24.6 Å². The van der Waals surface area contributed by atoms with Gasteiger partial charge < -0.3 is 14.4 Å². The Kier molecular flexibility index (Phi) is 2.98. The number of aromatic nitrogens is 2. The fourth-order valence-corrected chi connectivity index (χ4v) is 2.46. The number of aliphatic hydroxyl groups is 1. The van der Waals surface area contributed by atoms with Gasteiger partial charge in [0.25, 0.3) is 0 Å². The molecule has 1 unspecified atom stereocenters. The van der Waals surface area contributed by atoms with E-state index < -0.39 is 6.10 Å². The van der Waals surface area contributed by atoms with E-state index in [2.05, 4.69) is 4.98 Å². The average molecular weight is 262 g/mol. The molecule has 0 bridgehead atoms. The summed E-state index contributed by atoms with van der Waals surface area (Å²) in [6.45, 7) is 2.79. The van der Waals surface area contributed by atoms with Crippen LogP contribution >= 0.6 is 0 Å². The molecule has 1 aromatic carbocycles. The number of rotatable bonds is 2. The standard InChI is InChI=1S/C14H15FN2O2/c1-2-17-8-16-7-11(17)14-6-12(18)10-4-3-9(15)5-13(10)19-14/h3-5,7-8,12,14,18H,2,6H2,1H3/t12-,14?/m1/s1. The van der Waals surface area contributed by atoms with Crippen molar-refractivity contribution >= 4 is 0 Å². The average Bonchev–Trinajstić information content (AvgIpc) is 2.86.